The van der Waals surface area contributed by atoms with Crippen molar-refractivity contribution in [2.24, 2.45) is 0 Å². The molecular weight excluding hydrogens is 797 g/mol. The molecule has 2 nitrogen and oxygen atoms in total. The van der Waals surface area contributed by atoms with Gasteiger partial charge in [-0.2, -0.15) is 0 Å². The largest absolute Gasteiger partial charge is 0.310 e. The Kier molecular flexibility index (Phi) is 10.4. The lowest BCUT2D eigenvalue weighted by Crippen LogP contribution is -2.17. The highest BCUT2D eigenvalue weighted by Gasteiger charge is 2.25. The van der Waals surface area contributed by atoms with Gasteiger partial charge in [0.15, 0.2) is 0 Å². The van der Waals surface area contributed by atoms with Gasteiger partial charge in [-0.15, -0.1) is 0 Å². The summed E-state index contributed by atoms with van der Waals surface area (Å²) in [5, 5.41) is 10.6. The van der Waals surface area contributed by atoms with Crippen molar-refractivity contribution in [3.63, 3.8) is 0 Å². The van der Waals surface area contributed by atoms with E-state index in [1.54, 1.807) is 0 Å². The zero-order valence-electron chi connectivity index (χ0n) is 40.9. The van der Waals surface area contributed by atoms with Crippen LogP contribution in [0.15, 0.2) is 158 Å². The van der Waals surface area contributed by atoms with Crippen LogP contribution in [-0.4, -0.2) is 0 Å². The molecule has 0 saturated heterocycles. The molecule has 0 atom stereocenters. The molecule has 0 aromatic heterocycles. The van der Waals surface area contributed by atoms with Crippen LogP contribution in [0, 0.1) is 41.5 Å². The number of aryl methyl sites for hydroxylation is 6. The van der Waals surface area contributed by atoms with Gasteiger partial charge >= 0.3 is 0 Å². The normalized spacial score (nSPS) is 12.2. The molecule has 66 heavy (non-hydrogen) atoms. The zero-order chi connectivity index (χ0) is 46.4. The van der Waals surface area contributed by atoms with Crippen LogP contribution in [0.1, 0.15) is 86.1 Å². The van der Waals surface area contributed by atoms with Crippen molar-refractivity contribution < 1.29 is 0 Å². The van der Waals surface area contributed by atoms with Crippen molar-refractivity contribution in [1.29, 1.82) is 0 Å². The average Bonchev–Trinajstić information content (AvgIpc) is 3.28. The Bertz CT molecular complexity index is 3400. The fourth-order valence-electron chi connectivity index (χ4n) is 10.6. The molecule has 0 radical (unpaired) electrons. The van der Waals surface area contributed by atoms with E-state index >= 15 is 0 Å². The van der Waals surface area contributed by atoms with Crippen molar-refractivity contribution >= 4 is 77.2 Å². The number of rotatable bonds is 7. The van der Waals surface area contributed by atoms with Crippen LogP contribution in [-0.2, 0) is 10.8 Å². The summed E-state index contributed by atoms with van der Waals surface area (Å²) in [5.74, 6) is 0. The van der Waals surface area contributed by atoms with Crippen LogP contribution in [0.3, 0.4) is 0 Å². The minimum atomic E-state index is 0.0369. The monoisotopic (exact) mass is 858 g/mol. The van der Waals surface area contributed by atoms with Crippen molar-refractivity contribution in [2.75, 3.05) is 9.80 Å². The number of fused-ring (bicyclic) bond motifs is 2. The Morgan fingerprint density at radius 3 is 1.11 bits per heavy atom. The lowest BCUT2D eigenvalue weighted by molar-refractivity contribution is 0.589. The summed E-state index contributed by atoms with van der Waals surface area (Å²) >= 11 is 0. The molecule has 2 heteroatoms. The standard InChI is InChI=1S/C64H62N2/c1-39-19-24-48(25-20-39)65(61-41(3)35-46(36-42(61)4)63(7,8)9)50-28-30-51(31-29-50)66(62-43(5)37-47(38-44(62)6)64(10,11)12)49-26-22-45(23-27-49)53-33-34-58-55-17-13-15-52-40(2)21-32-57(59(52)55)56-18-14-16-54(53)60(56)58/h13-38H,1-12H3. The summed E-state index contributed by atoms with van der Waals surface area (Å²) in [7, 11) is 0. The van der Waals surface area contributed by atoms with Gasteiger partial charge in [0.1, 0.15) is 0 Å². The van der Waals surface area contributed by atoms with Gasteiger partial charge in [-0.1, -0.05) is 156 Å². The Hall–Kier alpha value is -6.90. The minimum Gasteiger partial charge on any atom is -0.310 e. The Morgan fingerprint density at radius 1 is 0.318 bits per heavy atom. The second-order valence-electron chi connectivity index (χ2n) is 21.0. The number of hydrogen-bond acceptors (Lipinski definition) is 2. The maximum atomic E-state index is 2.47. The number of anilines is 6. The van der Waals surface area contributed by atoms with Crippen LogP contribution in [0.25, 0.3) is 54.2 Å². The Morgan fingerprint density at radius 2 is 0.667 bits per heavy atom. The van der Waals surface area contributed by atoms with Gasteiger partial charge in [-0.3, -0.25) is 0 Å². The summed E-state index contributed by atoms with van der Waals surface area (Å²) < 4.78 is 0. The van der Waals surface area contributed by atoms with E-state index < -0.39 is 0 Å². The molecule has 10 aromatic rings. The first kappa shape index (κ1) is 43.0. The molecule has 10 aromatic carbocycles. The van der Waals surface area contributed by atoms with E-state index in [0.717, 1.165) is 22.7 Å². The van der Waals surface area contributed by atoms with E-state index in [1.807, 2.05) is 0 Å². The van der Waals surface area contributed by atoms with Gasteiger partial charge in [-0.05, 0) is 194 Å². The van der Waals surface area contributed by atoms with E-state index in [9.17, 15) is 0 Å². The molecule has 0 aliphatic carbocycles. The van der Waals surface area contributed by atoms with E-state index in [0.29, 0.717) is 0 Å². The van der Waals surface area contributed by atoms with E-state index in [4.69, 9.17) is 0 Å². The molecule has 0 aliphatic heterocycles. The van der Waals surface area contributed by atoms with Crippen molar-refractivity contribution in [3.05, 3.63) is 202 Å². The highest BCUT2D eigenvalue weighted by Crippen LogP contribution is 2.47. The quantitative estimate of drug-likeness (QED) is 0.116. The Labute approximate surface area is 392 Å². The highest BCUT2D eigenvalue weighted by molar-refractivity contribution is 6.34. The number of nitrogens with zero attached hydrogens (tertiary/aromatic N) is 2. The predicted molar refractivity (Wildman–Crippen MR) is 288 cm³/mol. The second kappa shape index (κ2) is 15.9. The first-order valence-corrected chi connectivity index (χ1v) is 23.7. The van der Waals surface area contributed by atoms with Gasteiger partial charge in [0.05, 0.1) is 11.4 Å². The molecule has 0 N–H and O–H groups in total. The Balaban J connectivity index is 1.10. The first-order chi connectivity index (χ1) is 31.5. The molecule has 0 amide bonds. The molecule has 328 valence electrons. The predicted octanol–water partition coefficient (Wildman–Crippen LogP) is 18.8. The molecule has 0 spiro atoms. The topological polar surface area (TPSA) is 6.48 Å². The third-order valence-electron chi connectivity index (χ3n) is 14.1. The summed E-state index contributed by atoms with van der Waals surface area (Å²) in [6.07, 6.45) is 0. The number of benzene rings is 10. The van der Waals surface area contributed by atoms with Crippen LogP contribution in [0.5, 0.6) is 0 Å². The maximum Gasteiger partial charge on any atom is 0.0520 e. The van der Waals surface area contributed by atoms with E-state index in [-0.39, 0.29) is 10.8 Å². The fourth-order valence-corrected chi connectivity index (χ4v) is 10.6. The molecule has 0 heterocycles. The highest BCUT2D eigenvalue weighted by atomic mass is 15.2. The second-order valence-corrected chi connectivity index (χ2v) is 21.0. The van der Waals surface area contributed by atoms with E-state index in [1.165, 1.54) is 110 Å². The summed E-state index contributed by atoms with van der Waals surface area (Å²) in [6.45, 7) is 27.2. The third-order valence-corrected chi connectivity index (χ3v) is 14.1. The minimum absolute atomic E-state index is 0.0369. The molecule has 0 aliphatic rings. The van der Waals surface area contributed by atoms with Gasteiger partial charge in [0, 0.05) is 22.7 Å². The fraction of sp³-hybridized carbons (Fsp3) is 0.219. The SMILES string of the molecule is Cc1ccc(N(c2ccc(N(c3ccc(-c4ccc5c6cccc7c(C)ccc(c8cccc4c85)c76)cc3)c3c(C)cc(C(C)(C)C)cc3C)cc2)c2c(C)cc(C(C)(C)C)cc2C)cc1. The van der Waals surface area contributed by atoms with Gasteiger partial charge in [0.2, 0.25) is 0 Å². The summed E-state index contributed by atoms with van der Waals surface area (Å²) in [5.41, 5.74) is 19.8. The smallest absolute Gasteiger partial charge is 0.0520 e. The molecule has 0 unspecified atom stereocenters. The van der Waals surface area contributed by atoms with Gasteiger partial charge < -0.3 is 9.80 Å². The number of hydrogen-bond donors (Lipinski definition) is 0. The first-order valence-electron chi connectivity index (χ1n) is 23.7. The maximum absolute atomic E-state index is 2.47. The molecule has 0 fully saturated rings. The molecular formula is C64H62N2. The van der Waals surface area contributed by atoms with Crippen LogP contribution in [0.4, 0.5) is 34.1 Å². The van der Waals surface area contributed by atoms with E-state index in [2.05, 4.69) is 251 Å². The average molecular weight is 859 g/mol. The van der Waals surface area contributed by atoms with Gasteiger partial charge in [0.25, 0.3) is 0 Å². The lowest BCUT2D eigenvalue weighted by Gasteiger charge is -2.33. The van der Waals surface area contributed by atoms with Crippen LogP contribution < -0.4 is 9.80 Å². The summed E-state index contributed by atoms with van der Waals surface area (Å²) in [6, 6.07) is 59.9. The van der Waals surface area contributed by atoms with Crippen LogP contribution in [0.2, 0.25) is 0 Å². The molecule has 10 rings (SSSR count). The van der Waals surface area contributed by atoms with Crippen molar-refractivity contribution in [3.8, 4) is 11.1 Å². The molecule has 0 saturated carbocycles. The van der Waals surface area contributed by atoms with Crippen molar-refractivity contribution in [2.45, 2.75) is 93.9 Å². The summed E-state index contributed by atoms with van der Waals surface area (Å²) in [4.78, 5) is 4.90. The van der Waals surface area contributed by atoms with Crippen molar-refractivity contribution in [1.82, 2.24) is 0 Å². The van der Waals surface area contributed by atoms with Crippen LogP contribution >= 0.6 is 0 Å². The lowest BCUT2D eigenvalue weighted by atomic mass is 9.84. The zero-order valence-corrected chi connectivity index (χ0v) is 40.9. The van der Waals surface area contributed by atoms with Gasteiger partial charge in [-0.25, -0.2) is 0 Å². The third kappa shape index (κ3) is 7.28. The molecule has 0 bridgehead atoms.